The lowest BCUT2D eigenvalue weighted by atomic mass is 9.88. The highest BCUT2D eigenvalue weighted by molar-refractivity contribution is 6.17. The van der Waals surface area contributed by atoms with E-state index < -0.39 is 0 Å². The van der Waals surface area contributed by atoms with E-state index in [4.69, 9.17) is 9.47 Å². The van der Waals surface area contributed by atoms with Crippen LogP contribution in [-0.4, -0.2) is 26.0 Å². The number of hydrogen-bond acceptors (Lipinski definition) is 4. The van der Waals surface area contributed by atoms with Crippen LogP contribution in [-0.2, 0) is 16.0 Å². The highest BCUT2D eigenvalue weighted by Gasteiger charge is 2.34. The fourth-order valence-corrected chi connectivity index (χ4v) is 3.33. The summed E-state index contributed by atoms with van der Waals surface area (Å²) in [6, 6.07) is 13.1. The minimum absolute atomic E-state index is 0.152. The molecule has 3 rings (SSSR count). The number of piperidine rings is 1. The summed E-state index contributed by atoms with van der Waals surface area (Å²) in [6.07, 6.45) is 1.50. The predicted molar refractivity (Wildman–Crippen MR) is 99.8 cm³/mol. The third-order valence-electron chi connectivity index (χ3n) is 4.82. The molecule has 2 amide bonds. The average Bonchev–Trinajstić information content (AvgIpc) is 2.67. The Morgan fingerprint density at radius 2 is 1.54 bits per heavy atom. The van der Waals surface area contributed by atoms with Crippen molar-refractivity contribution in [1.82, 2.24) is 0 Å². The molecule has 0 spiro atoms. The van der Waals surface area contributed by atoms with Crippen LogP contribution in [0.4, 0.5) is 5.69 Å². The molecular weight excluding hydrogens is 330 g/mol. The Kier molecular flexibility index (Phi) is 5.26. The monoisotopic (exact) mass is 353 g/mol. The first-order valence-corrected chi connectivity index (χ1v) is 8.74. The number of aryl methyl sites for hydroxylation is 1. The Balaban J connectivity index is 1.82. The fraction of sp³-hybridized carbons (Fsp3) is 0.333. The van der Waals surface area contributed by atoms with E-state index in [1.807, 2.05) is 36.4 Å². The average molecular weight is 353 g/mol. The van der Waals surface area contributed by atoms with Gasteiger partial charge in [-0.15, -0.1) is 0 Å². The van der Waals surface area contributed by atoms with E-state index in [9.17, 15) is 9.59 Å². The van der Waals surface area contributed by atoms with Gasteiger partial charge in [-0.1, -0.05) is 25.1 Å². The molecule has 5 heteroatoms. The number of methoxy groups -OCH3 is 2. The van der Waals surface area contributed by atoms with Gasteiger partial charge in [0, 0.05) is 18.8 Å². The van der Waals surface area contributed by atoms with E-state index in [1.165, 1.54) is 10.5 Å². The number of amides is 2. The number of imide groups is 1. The summed E-state index contributed by atoms with van der Waals surface area (Å²) in [5, 5.41) is 0. The normalized spacial score (nSPS) is 15.3. The summed E-state index contributed by atoms with van der Waals surface area (Å²) in [6.45, 7) is 2.07. The molecule has 1 heterocycles. The van der Waals surface area contributed by atoms with Crippen LogP contribution in [0.1, 0.15) is 36.8 Å². The minimum atomic E-state index is -0.176. The topological polar surface area (TPSA) is 55.8 Å². The summed E-state index contributed by atoms with van der Waals surface area (Å²) in [5.41, 5.74) is 2.72. The highest BCUT2D eigenvalue weighted by atomic mass is 16.5. The van der Waals surface area contributed by atoms with Gasteiger partial charge in [-0.2, -0.15) is 0 Å². The molecule has 0 bridgehead atoms. The van der Waals surface area contributed by atoms with Crippen LogP contribution in [0.25, 0.3) is 0 Å². The maximum atomic E-state index is 12.7. The standard InChI is InChI=1S/C21H23NO4/c1-4-14-5-8-17(9-6-14)22-20(23)12-16(13-21(22)24)15-7-10-18(25-2)19(11-15)26-3/h5-11,16H,4,12-13H2,1-3H3. The smallest absolute Gasteiger partial charge is 0.234 e. The third kappa shape index (κ3) is 3.43. The molecule has 136 valence electrons. The zero-order chi connectivity index (χ0) is 18.7. The number of hydrogen-bond donors (Lipinski definition) is 0. The number of benzene rings is 2. The van der Waals surface area contributed by atoms with Crippen LogP contribution >= 0.6 is 0 Å². The van der Waals surface area contributed by atoms with Crippen LogP contribution in [0.5, 0.6) is 11.5 Å². The number of rotatable bonds is 5. The molecule has 0 N–H and O–H groups in total. The van der Waals surface area contributed by atoms with E-state index in [2.05, 4.69) is 6.92 Å². The van der Waals surface area contributed by atoms with Crippen molar-refractivity contribution in [2.24, 2.45) is 0 Å². The van der Waals surface area contributed by atoms with Crippen molar-refractivity contribution < 1.29 is 19.1 Å². The van der Waals surface area contributed by atoms with Crippen molar-refractivity contribution in [2.75, 3.05) is 19.1 Å². The Hall–Kier alpha value is -2.82. The third-order valence-corrected chi connectivity index (χ3v) is 4.82. The van der Waals surface area contributed by atoms with E-state index in [0.717, 1.165) is 12.0 Å². The lowest BCUT2D eigenvalue weighted by Gasteiger charge is -2.30. The number of carbonyl (C=O) groups is 2. The largest absolute Gasteiger partial charge is 0.493 e. The molecule has 2 aromatic rings. The van der Waals surface area contributed by atoms with E-state index in [1.54, 1.807) is 20.3 Å². The second kappa shape index (κ2) is 7.60. The minimum Gasteiger partial charge on any atom is -0.493 e. The molecule has 0 atom stereocenters. The van der Waals surface area contributed by atoms with Gasteiger partial charge in [0.2, 0.25) is 11.8 Å². The maximum absolute atomic E-state index is 12.7. The summed E-state index contributed by atoms with van der Waals surface area (Å²) in [7, 11) is 3.15. The van der Waals surface area contributed by atoms with Crippen molar-refractivity contribution in [2.45, 2.75) is 32.1 Å². The van der Waals surface area contributed by atoms with Gasteiger partial charge in [0.15, 0.2) is 11.5 Å². The van der Waals surface area contributed by atoms with Crippen molar-refractivity contribution >= 4 is 17.5 Å². The van der Waals surface area contributed by atoms with Crippen molar-refractivity contribution in [3.8, 4) is 11.5 Å². The summed E-state index contributed by atoms with van der Waals surface area (Å²) >= 11 is 0. The van der Waals surface area contributed by atoms with Gasteiger partial charge in [-0.3, -0.25) is 14.5 Å². The first-order chi connectivity index (χ1) is 12.6. The lowest BCUT2D eigenvalue weighted by molar-refractivity contribution is -0.129. The fourth-order valence-electron chi connectivity index (χ4n) is 3.33. The molecule has 26 heavy (non-hydrogen) atoms. The molecule has 1 aliphatic heterocycles. The van der Waals surface area contributed by atoms with E-state index in [-0.39, 0.29) is 30.6 Å². The first kappa shape index (κ1) is 18.0. The molecule has 2 aromatic carbocycles. The molecule has 0 saturated carbocycles. The number of ether oxygens (including phenoxy) is 2. The van der Waals surface area contributed by atoms with Gasteiger partial charge in [-0.05, 0) is 41.8 Å². The predicted octanol–water partition coefficient (Wildman–Crippen LogP) is 3.70. The molecule has 0 radical (unpaired) electrons. The second-order valence-corrected chi connectivity index (χ2v) is 6.36. The van der Waals surface area contributed by atoms with Gasteiger partial charge in [0.25, 0.3) is 0 Å². The van der Waals surface area contributed by atoms with Gasteiger partial charge < -0.3 is 9.47 Å². The molecule has 0 aliphatic carbocycles. The van der Waals surface area contributed by atoms with E-state index in [0.29, 0.717) is 17.2 Å². The molecule has 1 fully saturated rings. The molecule has 0 unspecified atom stereocenters. The lowest BCUT2D eigenvalue weighted by Crippen LogP contribution is -2.42. The zero-order valence-electron chi connectivity index (χ0n) is 15.3. The molecule has 5 nitrogen and oxygen atoms in total. The molecule has 1 saturated heterocycles. The quantitative estimate of drug-likeness (QED) is 0.769. The zero-order valence-corrected chi connectivity index (χ0v) is 15.3. The number of carbonyl (C=O) groups excluding carboxylic acids is 2. The number of nitrogens with zero attached hydrogens (tertiary/aromatic N) is 1. The SMILES string of the molecule is CCc1ccc(N2C(=O)CC(c3ccc(OC)c(OC)c3)CC2=O)cc1. The van der Waals surface area contributed by atoms with Crippen LogP contribution < -0.4 is 14.4 Å². The van der Waals surface area contributed by atoms with Crippen LogP contribution in [0.2, 0.25) is 0 Å². The Morgan fingerprint density at radius 1 is 0.923 bits per heavy atom. The highest BCUT2D eigenvalue weighted by Crippen LogP contribution is 2.36. The van der Waals surface area contributed by atoms with Crippen molar-refractivity contribution in [1.29, 1.82) is 0 Å². The Bertz CT molecular complexity index is 795. The van der Waals surface area contributed by atoms with E-state index >= 15 is 0 Å². The van der Waals surface area contributed by atoms with Crippen LogP contribution in [0, 0.1) is 0 Å². The molecule has 1 aliphatic rings. The molecular formula is C21H23NO4. The van der Waals surface area contributed by atoms with Gasteiger partial charge in [0.1, 0.15) is 0 Å². The van der Waals surface area contributed by atoms with Crippen LogP contribution in [0.15, 0.2) is 42.5 Å². The second-order valence-electron chi connectivity index (χ2n) is 6.36. The van der Waals surface area contributed by atoms with Gasteiger partial charge >= 0.3 is 0 Å². The summed E-state index contributed by atoms with van der Waals surface area (Å²) < 4.78 is 10.6. The molecule has 0 aromatic heterocycles. The summed E-state index contributed by atoms with van der Waals surface area (Å²) in [5.74, 6) is 0.723. The maximum Gasteiger partial charge on any atom is 0.234 e. The first-order valence-electron chi connectivity index (χ1n) is 8.74. The Morgan fingerprint density at radius 3 is 2.08 bits per heavy atom. The van der Waals surface area contributed by atoms with Crippen molar-refractivity contribution in [3.63, 3.8) is 0 Å². The summed E-state index contributed by atoms with van der Waals surface area (Å²) in [4.78, 5) is 26.6. The van der Waals surface area contributed by atoms with Crippen LogP contribution in [0.3, 0.4) is 0 Å². The Labute approximate surface area is 153 Å². The number of anilines is 1. The van der Waals surface area contributed by atoms with Gasteiger partial charge in [0.05, 0.1) is 19.9 Å². The van der Waals surface area contributed by atoms with Crippen molar-refractivity contribution in [3.05, 3.63) is 53.6 Å². The van der Waals surface area contributed by atoms with Gasteiger partial charge in [-0.25, -0.2) is 0 Å².